The monoisotopic (exact) mass is 393 g/mol. The molecule has 2 rings (SSSR count). The molecule has 0 bridgehead atoms. The molecule has 2 heterocycles. The fourth-order valence-electron chi connectivity index (χ4n) is 1.56. The molecule has 0 atom stereocenters. The van der Waals surface area contributed by atoms with Crippen LogP contribution in [0.4, 0.5) is 13.2 Å². The van der Waals surface area contributed by atoms with Crippen molar-refractivity contribution in [1.82, 2.24) is 14.8 Å². The predicted octanol–water partition coefficient (Wildman–Crippen LogP) is 4.61. The second kappa shape index (κ2) is 8.39. The average Bonchev–Trinajstić information content (AvgIpc) is 3.02. The number of carboxylic acid groups (broad SMARTS) is 1. The van der Waals surface area contributed by atoms with E-state index in [4.69, 9.17) is 21.4 Å². The smallest absolute Gasteiger partial charge is 0.397 e. The van der Waals surface area contributed by atoms with Crippen molar-refractivity contribution in [3.63, 3.8) is 0 Å². The number of carboxylic acids is 1. The first-order valence-corrected chi connectivity index (χ1v) is 8.04. The van der Waals surface area contributed by atoms with Gasteiger partial charge in [0.2, 0.25) is 5.88 Å². The minimum Gasteiger partial charge on any atom is -0.478 e. The molecule has 10 heteroatoms. The molecule has 0 saturated heterocycles. The number of ether oxygens (including phenoxy) is 1. The zero-order chi connectivity index (χ0) is 20.1. The molecule has 26 heavy (non-hydrogen) atoms. The molecule has 0 aliphatic carbocycles. The van der Waals surface area contributed by atoms with Crippen LogP contribution in [0.3, 0.4) is 0 Å². The molecule has 0 unspecified atom stereocenters. The Bertz CT molecular complexity index is 761. The Kier molecular flexibility index (Phi) is 7.02. The summed E-state index contributed by atoms with van der Waals surface area (Å²) in [5, 5.41) is 12.6. The van der Waals surface area contributed by atoms with E-state index in [9.17, 15) is 18.0 Å². The van der Waals surface area contributed by atoms with Crippen LogP contribution in [0.15, 0.2) is 24.4 Å². The van der Waals surface area contributed by atoms with E-state index in [1.54, 1.807) is 0 Å². The van der Waals surface area contributed by atoms with Gasteiger partial charge in [-0.15, -0.1) is 5.10 Å². The summed E-state index contributed by atoms with van der Waals surface area (Å²) in [7, 11) is 0. The molecule has 0 aliphatic rings. The molecular formula is C16H19ClF3N3O3. The third-order valence-electron chi connectivity index (χ3n) is 3.21. The normalized spacial score (nSPS) is 11.5. The highest BCUT2D eigenvalue weighted by atomic mass is 35.5. The van der Waals surface area contributed by atoms with E-state index in [1.807, 2.05) is 13.8 Å². The second-order valence-electron chi connectivity index (χ2n) is 5.58. The van der Waals surface area contributed by atoms with Gasteiger partial charge >= 0.3 is 12.1 Å². The number of rotatable bonds is 5. The van der Waals surface area contributed by atoms with Gasteiger partial charge in [-0.05, 0) is 26.0 Å². The highest BCUT2D eigenvalue weighted by molar-refractivity contribution is 6.32. The van der Waals surface area contributed by atoms with Gasteiger partial charge in [-0.1, -0.05) is 25.4 Å². The predicted molar refractivity (Wildman–Crippen MR) is 90.0 cm³/mol. The van der Waals surface area contributed by atoms with Crippen LogP contribution >= 0.6 is 11.6 Å². The Labute approximate surface area is 153 Å². The van der Waals surface area contributed by atoms with E-state index < -0.39 is 24.2 Å². The van der Waals surface area contributed by atoms with Crippen LogP contribution in [-0.2, 0) is 0 Å². The summed E-state index contributed by atoms with van der Waals surface area (Å²) in [6, 6.07) is 3.99. The van der Waals surface area contributed by atoms with Crippen molar-refractivity contribution < 1.29 is 27.8 Å². The molecule has 0 saturated carbocycles. The Morgan fingerprint density at radius 3 is 2.38 bits per heavy atom. The van der Waals surface area contributed by atoms with Crippen LogP contribution in [0, 0.1) is 5.41 Å². The summed E-state index contributed by atoms with van der Waals surface area (Å²) in [5.41, 5.74) is -2.20. The summed E-state index contributed by atoms with van der Waals surface area (Å²) in [4.78, 5) is 14.8. The summed E-state index contributed by atoms with van der Waals surface area (Å²) < 4.78 is 44.6. The molecule has 0 fully saturated rings. The van der Waals surface area contributed by atoms with Crippen molar-refractivity contribution in [2.45, 2.75) is 33.9 Å². The average molecular weight is 394 g/mol. The molecule has 0 aromatic carbocycles. The fraction of sp³-hybridized carbons (Fsp3) is 0.438. The minimum atomic E-state index is -4.41. The molecular weight excluding hydrogens is 375 g/mol. The number of hydrogen-bond acceptors (Lipinski definition) is 4. The van der Waals surface area contributed by atoms with Crippen molar-refractivity contribution in [3.8, 4) is 11.7 Å². The van der Waals surface area contributed by atoms with Crippen LogP contribution in [0.25, 0.3) is 5.82 Å². The Morgan fingerprint density at radius 1 is 1.27 bits per heavy atom. The van der Waals surface area contributed by atoms with Crippen molar-refractivity contribution in [3.05, 3.63) is 35.1 Å². The zero-order valence-corrected chi connectivity index (χ0v) is 15.4. The molecule has 1 N–H and O–H groups in total. The number of aromatic nitrogens is 3. The first-order chi connectivity index (χ1) is 12.0. The van der Waals surface area contributed by atoms with E-state index in [0.717, 1.165) is 13.8 Å². The lowest BCUT2D eigenvalue weighted by atomic mass is 9.94. The van der Waals surface area contributed by atoms with Crippen LogP contribution < -0.4 is 4.74 Å². The maximum Gasteiger partial charge on any atom is 0.397 e. The Hall–Kier alpha value is -2.29. The van der Waals surface area contributed by atoms with Crippen molar-refractivity contribution in [1.29, 1.82) is 0 Å². The summed E-state index contributed by atoms with van der Waals surface area (Å²) >= 11 is 5.76. The quantitative estimate of drug-likeness (QED) is 0.750. The van der Waals surface area contributed by atoms with Crippen molar-refractivity contribution in [2.75, 3.05) is 6.61 Å². The fourth-order valence-corrected chi connectivity index (χ4v) is 1.79. The van der Waals surface area contributed by atoms with E-state index >= 15 is 0 Å². The number of hydrogen-bond donors (Lipinski definition) is 1. The van der Waals surface area contributed by atoms with E-state index in [0.29, 0.717) is 0 Å². The summed E-state index contributed by atoms with van der Waals surface area (Å²) in [5.74, 6) is -1.04. The number of carbonyl (C=O) groups is 1. The third-order valence-corrected chi connectivity index (χ3v) is 3.50. The Balaban J connectivity index is 0.00000163. The summed E-state index contributed by atoms with van der Waals surface area (Å²) in [6.07, 6.45) is -2.99. The van der Waals surface area contributed by atoms with Crippen molar-refractivity contribution in [2.24, 2.45) is 5.41 Å². The standard InChI is InChI=1S/C14H13ClF3N3O3.C2H6/c1-13(2,14(16,17)18)7-24-10-5-6-21(20-10)9-4-3-8(12(22)23)11(15)19-9;1-2/h3-6H,7H2,1-2H3,(H,22,23);1-2H3. The largest absolute Gasteiger partial charge is 0.478 e. The summed E-state index contributed by atoms with van der Waals surface area (Å²) in [6.45, 7) is 5.45. The highest BCUT2D eigenvalue weighted by Crippen LogP contribution is 2.37. The van der Waals surface area contributed by atoms with Gasteiger partial charge in [0, 0.05) is 12.3 Å². The number of nitrogens with zero attached hydrogens (tertiary/aromatic N) is 3. The van der Waals surface area contributed by atoms with Gasteiger partial charge in [-0.2, -0.15) is 13.2 Å². The molecule has 144 valence electrons. The topological polar surface area (TPSA) is 77.2 Å². The van der Waals surface area contributed by atoms with Gasteiger partial charge in [0.1, 0.15) is 11.8 Å². The number of aromatic carboxylic acids is 1. The van der Waals surface area contributed by atoms with Crippen LogP contribution in [-0.4, -0.2) is 38.6 Å². The third kappa shape index (κ3) is 5.10. The van der Waals surface area contributed by atoms with Gasteiger partial charge in [0.15, 0.2) is 5.82 Å². The van der Waals surface area contributed by atoms with Crippen molar-refractivity contribution >= 4 is 17.6 Å². The lowest BCUT2D eigenvalue weighted by Gasteiger charge is -2.26. The first-order valence-electron chi connectivity index (χ1n) is 7.67. The van der Waals surface area contributed by atoms with E-state index in [1.165, 1.54) is 29.1 Å². The van der Waals surface area contributed by atoms with Gasteiger partial charge in [-0.3, -0.25) is 0 Å². The SMILES string of the molecule is CC.CC(C)(COc1ccn(-c2ccc(C(=O)O)c(Cl)n2)n1)C(F)(F)F. The maximum absolute atomic E-state index is 12.8. The number of pyridine rings is 1. The molecule has 2 aromatic rings. The van der Waals surface area contributed by atoms with Crippen LogP contribution in [0.2, 0.25) is 5.15 Å². The molecule has 0 aliphatic heterocycles. The lowest BCUT2D eigenvalue weighted by molar-refractivity contribution is -0.219. The van der Waals surface area contributed by atoms with Gasteiger partial charge in [0.05, 0.1) is 11.0 Å². The first kappa shape index (κ1) is 21.8. The Morgan fingerprint density at radius 2 is 1.88 bits per heavy atom. The zero-order valence-electron chi connectivity index (χ0n) is 14.6. The molecule has 6 nitrogen and oxygen atoms in total. The highest BCUT2D eigenvalue weighted by Gasteiger charge is 2.48. The maximum atomic E-state index is 12.8. The number of halogens is 4. The molecule has 0 amide bonds. The van der Waals surface area contributed by atoms with Crippen LogP contribution in [0.5, 0.6) is 5.88 Å². The van der Waals surface area contributed by atoms with Gasteiger partial charge in [0.25, 0.3) is 0 Å². The molecule has 2 aromatic heterocycles. The van der Waals surface area contributed by atoms with E-state index in [-0.39, 0.29) is 22.4 Å². The van der Waals surface area contributed by atoms with Gasteiger partial charge in [-0.25, -0.2) is 14.5 Å². The number of alkyl halides is 3. The second-order valence-corrected chi connectivity index (χ2v) is 5.94. The minimum absolute atomic E-state index is 0.0208. The van der Waals surface area contributed by atoms with E-state index in [2.05, 4.69) is 10.1 Å². The van der Waals surface area contributed by atoms with Gasteiger partial charge < -0.3 is 9.84 Å². The molecule has 0 radical (unpaired) electrons. The molecule has 0 spiro atoms. The lowest BCUT2D eigenvalue weighted by Crippen LogP contribution is -2.37. The van der Waals surface area contributed by atoms with Crippen LogP contribution in [0.1, 0.15) is 38.1 Å².